The maximum atomic E-state index is 12.0. The molecule has 0 saturated carbocycles. The van der Waals surface area contributed by atoms with E-state index in [0.29, 0.717) is 5.56 Å². The fraction of sp³-hybridized carbons (Fsp3) is 0.462. The number of nitrogens with one attached hydrogen (secondary N) is 1. The van der Waals surface area contributed by atoms with Crippen molar-refractivity contribution in [3.05, 3.63) is 33.8 Å². The van der Waals surface area contributed by atoms with E-state index in [4.69, 9.17) is 11.6 Å². The van der Waals surface area contributed by atoms with Crippen molar-refractivity contribution in [2.24, 2.45) is 0 Å². The van der Waals surface area contributed by atoms with Gasteiger partial charge in [-0.3, -0.25) is 4.79 Å². The molecular formula is C13H17BrClNO. The summed E-state index contributed by atoms with van der Waals surface area (Å²) in [6.45, 7) is 5.87. The molecule has 0 aliphatic carbocycles. The van der Waals surface area contributed by atoms with Crippen LogP contribution in [0.4, 0.5) is 0 Å². The van der Waals surface area contributed by atoms with Gasteiger partial charge in [0, 0.05) is 15.9 Å². The molecular weight excluding hydrogens is 302 g/mol. The van der Waals surface area contributed by atoms with Crippen molar-refractivity contribution in [3.63, 3.8) is 0 Å². The van der Waals surface area contributed by atoms with Crippen LogP contribution < -0.4 is 5.32 Å². The van der Waals surface area contributed by atoms with Crippen molar-refractivity contribution >= 4 is 33.4 Å². The molecule has 0 aromatic heterocycles. The highest BCUT2D eigenvalue weighted by molar-refractivity contribution is 9.10. The Hall–Kier alpha value is -0.540. The zero-order chi connectivity index (χ0) is 13.0. The van der Waals surface area contributed by atoms with Crippen LogP contribution in [-0.2, 0) is 0 Å². The van der Waals surface area contributed by atoms with Gasteiger partial charge < -0.3 is 5.32 Å². The van der Waals surface area contributed by atoms with Crippen LogP contribution in [-0.4, -0.2) is 17.3 Å². The fourth-order valence-corrected chi connectivity index (χ4v) is 2.59. The molecule has 0 fully saturated rings. The molecule has 0 bridgehead atoms. The molecule has 94 valence electrons. The summed E-state index contributed by atoms with van der Waals surface area (Å²) in [5.74, 6) is -0.0679. The predicted molar refractivity (Wildman–Crippen MR) is 75.7 cm³/mol. The third-order valence-corrected chi connectivity index (χ3v) is 3.26. The molecule has 0 aliphatic heterocycles. The van der Waals surface area contributed by atoms with Crippen molar-refractivity contribution in [3.8, 4) is 0 Å². The van der Waals surface area contributed by atoms with Crippen LogP contribution in [0.2, 0.25) is 0 Å². The van der Waals surface area contributed by atoms with E-state index in [-0.39, 0.29) is 17.3 Å². The van der Waals surface area contributed by atoms with E-state index in [0.717, 1.165) is 16.5 Å². The van der Waals surface area contributed by atoms with E-state index < -0.39 is 0 Å². The number of rotatable bonds is 4. The Morgan fingerprint density at radius 1 is 1.47 bits per heavy atom. The van der Waals surface area contributed by atoms with Gasteiger partial charge in [0.25, 0.3) is 5.91 Å². The molecule has 2 nitrogen and oxygen atoms in total. The van der Waals surface area contributed by atoms with Gasteiger partial charge in [-0.2, -0.15) is 0 Å². The minimum Gasteiger partial charge on any atom is -0.349 e. The van der Waals surface area contributed by atoms with Crippen LogP contribution >= 0.6 is 27.5 Å². The summed E-state index contributed by atoms with van der Waals surface area (Å²) in [5.41, 5.74) is 1.78. The Kier molecular flexibility index (Phi) is 5.47. The van der Waals surface area contributed by atoms with Crippen molar-refractivity contribution in [2.75, 3.05) is 0 Å². The highest BCUT2D eigenvalue weighted by atomic mass is 79.9. The number of benzene rings is 1. The van der Waals surface area contributed by atoms with Gasteiger partial charge in [-0.05, 0) is 60.8 Å². The van der Waals surface area contributed by atoms with E-state index in [1.54, 1.807) is 0 Å². The molecule has 4 heteroatoms. The lowest BCUT2D eigenvalue weighted by Crippen LogP contribution is -2.34. The number of carbonyl (C=O) groups excluding carboxylic acids is 1. The average Bonchev–Trinajstić information content (AvgIpc) is 2.15. The highest BCUT2D eigenvalue weighted by Crippen LogP contribution is 2.18. The number of alkyl halides is 1. The second-order valence-corrected chi connectivity index (χ2v) is 5.97. The number of carbonyl (C=O) groups is 1. The van der Waals surface area contributed by atoms with Gasteiger partial charge in [-0.1, -0.05) is 6.07 Å². The maximum absolute atomic E-state index is 12.0. The third-order valence-electron chi connectivity index (χ3n) is 2.43. The number of amides is 1. The van der Waals surface area contributed by atoms with Crippen molar-refractivity contribution in [2.45, 2.75) is 38.6 Å². The van der Waals surface area contributed by atoms with Crippen LogP contribution in [0, 0.1) is 6.92 Å². The first kappa shape index (κ1) is 14.5. The topological polar surface area (TPSA) is 29.1 Å². The zero-order valence-corrected chi connectivity index (χ0v) is 12.6. The highest BCUT2D eigenvalue weighted by Gasteiger charge is 2.13. The van der Waals surface area contributed by atoms with Crippen LogP contribution in [0.25, 0.3) is 0 Å². The zero-order valence-electron chi connectivity index (χ0n) is 10.3. The van der Waals surface area contributed by atoms with Gasteiger partial charge in [0.15, 0.2) is 0 Å². The average molecular weight is 319 g/mol. The van der Waals surface area contributed by atoms with Gasteiger partial charge in [0.1, 0.15) is 0 Å². The molecule has 0 radical (unpaired) electrons. The Morgan fingerprint density at radius 3 is 2.65 bits per heavy atom. The second-order valence-electron chi connectivity index (χ2n) is 4.37. The smallest absolute Gasteiger partial charge is 0.252 e. The van der Waals surface area contributed by atoms with Gasteiger partial charge >= 0.3 is 0 Å². The van der Waals surface area contributed by atoms with Gasteiger partial charge in [-0.25, -0.2) is 0 Å². The van der Waals surface area contributed by atoms with Crippen molar-refractivity contribution in [1.82, 2.24) is 5.32 Å². The predicted octanol–water partition coefficient (Wildman–Crippen LogP) is 3.89. The Morgan fingerprint density at radius 2 is 2.12 bits per heavy atom. The molecule has 0 heterocycles. The molecule has 17 heavy (non-hydrogen) atoms. The van der Waals surface area contributed by atoms with E-state index in [9.17, 15) is 4.79 Å². The van der Waals surface area contributed by atoms with E-state index in [1.165, 1.54) is 0 Å². The summed E-state index contributed by atoms with van der Waals surface area (Å²) < 4.78 is 0.820. The molecule has 2 atom stereocenters. The second kappa shape index (κ2) is 6.41. The van der Waals surface area contributed by atoms with E-state index in [1.807, 2.05) is 39.0 Å². The van der Waals surface area contributed by atoms with Gasteiger partial charge in [-0.15, -0.1) is 11.6 Å². The lowest BCUT2D eigenvalue weighted by atomic mass is 10.1. The molecule has 0 aliphatic rings. The first-order chi connectivity index (χ1) is 7.90. The van der Waals surface area contributed by atoms with E-state index >= 15 is 0 Å². The summed E-state index contributed by atoms with van der Waals surface area (Å²) >= 11 is 9.30. The SMILES string of the molecule is Cc1ccc(C(=O)NC(C)CC(C)Cl)c(Br)c1. The lowest BCUT2D eigenvalue weighted by molar-refractivity contribution is 0.0938. The quantitative estimate of drug-likeness (QED) is 0.838. The summed E-state index contributed by atoms with van der Waals surface area (Å²) in [6.07, 6.45) is 0.761. The largest absolute Gasteiger partial charge is 0.349 e. The Balaban J connectivity index is 2.70. The third kappa shape index (κ3) is 4.68. The van der Waals surface area contributed by atoms with Crippen LogP contribution in [0.15, 0.2) is 22.7 Å². The molecule has 1 rings (SSSR count). The maximum Gasteiger partial charge on any atom is 0.252 e. The summed E-state index contributed by atoms with van der Waals surface area (Å²) in [4.78, 5) is 12.0. The number of halogens is 2. The van der Waals surface area contributed by atoms with Gasteiger partial charge in [0.05, 0.1) is 5.56 Å². The molecule has 1 amide bonds. The monoisotopic (exact) mass is 317 g/mol. The summed E-state index contributed by atoms with van der Waals surface area (Å²) in [6, 6.07) is 5.76. The molecule has 1 aromatic carbocycles. The van der Waals surface area contributed by atoms with Crippen LogP contribution in [0.5, 0.6) is 0 Å². The lowest BCUT2D eigenvalue weighted by Gasteiger charge is -2.15. The minimum absolute atomic E-state index is 0.0618. The number of hydrogen-bond donors (Lipinski definition) is 1. The fourth-order valence-electron chi connectivity index (χ4n) is 1.65. The number of hydrogen-bond acceptors (Lipinski definition) is 1. The minimum atomic E-state index is -0.0679. The first-order valence-corrected chi connectivity index (χ1v) is 6.84. The molecule has 0 saturated heterocycles. The Bertz CT molecular complexity index is 406. The van der Waals surface area contributed by atoms with Crippen molar-refractivity contribution in [1.29, 1.82) is 0 Å². The van der Waals surface area contributed by atoms with Crippen LogP contribution in [0.1, 0.15) is 36.2 Å². The van der Waals surface area contributed by atoms with Crippen LogP contribution in [0.3, 0.4) is 0 Å². The molecule has 2 unspecified atom stereocenters. The molecule has 1 N–H and O–H groups in total. The summed E-state index contributed by atoms with van der Waals surface area (Å²) in [5, 5.41) is 3.00. The van der Waals surface area contributed by atoms with Crippen molar-refractivity contribution < 1.29 is 4.79 Å². The first-order valence-electron chi connectivity index (χ1n) is 5.61. The molecule has 0 spiro atoms. The molecule has 1 aromatic rings. The number of aryl methyl sites for hydroxylation is 1. The summed E-state index contributed by atoms with van der Waals surface area (Å²) in [7, 11) is 0. The van der Waals surface area contributed by atoms with Gasteiger partial charge in [0.2, 0.25) is 0 Å². The standard InChI is InChI=1S/C13H17BrClNO/c1-8-4-5-11(12(14)6-8)13(17)16-10(3)7-9(2)15/h4-6,9-10H,7H2,1-3H3,(H,16,17). The Labute approximate surface area is 116 Å². The van der Waals surface area contributed by atoms with E-state index in [2.05, 4.69) is 21.2 Å². The normalized spacial score (nSPS) is 14.2.